The topological polar surface area (TPSA) is 81.1 Å². The number of amides is 1. The third-order valence-corrected chi connectivity index (χ3v) is 6.22. The van der Waals surface area contributed by atoms with E-state index in [2.05, 4.69) is 19.9 Å². The molecule has 1 amide bonds. The Labute approximate surface area is 205 Å². The highest BCUT2D eigenvalue weighted by Gasteiger charge is 2.35. The van der Waals surface area contributed by atoms with Gasteiger partial charge in [0.2, 0.25) is 5.88 Å². The maximum atomic E-state index is 13.5. The van der Waals surface area contributed by atoms with Crippen LogP contribution in [0, 0.1) is 0 Å². The van der Waals surface area contributed by atoms with Gasteiger partial charge in [-0.1, -0.05) is 6.07 Å². The molecule has 5 rings (SSSR count). The standard InChI is InChI=1S/C26H22F3N5O2/c1-36-24-21(26(27,28)29)11-17(14-31-24)16-5-6-22-20(10-16)23(33-15-32-22)18-9-19(13-30-12-18)25(35)34-7-3-2-4-8-34/h5-6,9-15H,2-4,7-8H2,1H3. The van der Waals surface area contributed by atoms with Gasteiger partial charge in [-0.05, 0) is 49.1 Å². The lowest BCUT2D eigenvalue weighted by atomic mass is 10.00. The minimum Gasteiger partial charge on any atom is -0.481 e. The summed E-state index contributed by atoms with van der Waals surface area (Å²) < 4.78 is 45.4. The van der Waals surface area contributed by atoms with Crippen LogP contribution < -0.4 is 4.74 Å². The normalized spacial score (nSPS) is 14.2. The Morgan fingerprint density at radius 1 is 0.917 bits per heavy atom. The van der Waals surface area contributed by atoms with Crippen LogP contribution in [0.25, 0.3) is 33.3 Å². The highest BCUT2D eigenvalue weighted by atomic mass is 19.4. The van der Waals surface area contributed by atoms with Crippen molar-refractivity contribution in [2.24, 2.45) is 0 Å². The van der Waals surface area contributed by atoms with Crippen molar-refractivity contribution in [3.05, 3.63) is 66.4 Å². The summed E-state index contributed by atoms with van der Waals surface area (Å²) in [4.78, 5) is 31.7. The van der Waals surface area contributed by atoms with Gasteiger partial charge in [-0.2, -0.15) is 13.2 Å². The van der Waals surface area contributed by atoms with E-state index in [0.717, 1.165) is 45.5 Å². The number of hydrogen-bond acceptors (Lipinski definition) is 6. The van der Waals surface area contributed by atoms with E-state index >= 15 is 0 Å². The summed E-state index contributed by atoms with van der Waals surface area (Å²) in [7, 11) is 1.15. The van der Waals surface area contributed by atoms with E-state index in [1.165, 1.54) is 18.7 Å². The molecule has 0 aliphatic carbocycles. The molecule has 7 nitrogen and oxygen atoms in total. The maximum absolute atomic E-state index is 13.5. The molecule has 0 N–H and O–H groups in total. The van der Waals surface area contributed by atoms with Gasteiger partial charge < -0.3 is 9.64 Å². The van der Waals surface area contributed by atoms with Gasteiger partial charge in [0.05, 0.1) is 23.9 Å². The zero-order chi connectivity index (χ0) is 25.3. The number of piperidine rings is 1. The second kappa shape index (κ2) is 9.52. The van der Waals surface area contributed by atoms with Crippen LogP contribution in [0.15, 0.2) is 55.2 Å². The molecule has 3 aromatic heterocycles. The van der Waals surface area contributed by atoms with Gasteiger partial charge in [0.25, 0.3) is 5.91 Å². The molecule has 0 saturated carbocycles. The van der Waals surface area contributed by atoms with Crippen molar-refractivity contribution in [1.29, 1.82) is 0 Å². The third kappa shape index (κ3) is 4.58. The Balaban J connectivity index is 1.57. The van der Waals surface area contributed by atoms with Crippen molar-refractivity contribution in [1.82, 2.24) is 24.8 Å². The zero-order valence-corrected chi connectivity index (χ0v) is 19.4. The molecule has 1 aliphatic rings. The summed E-state index contributed by atoms with van der Waals surface area (Å²) in [6.07, 6.45) is 4.35. The lowest BCUT2D eigenvalue weighted by molar-refractivity contribution is -0.139. The lowest BCUT2D eigenvalue weighted by Gasteiger charge is -2.26. The number of aromatic nitrogens is 4. The number of likely N-dealkylation sites (tertiary alicyclic amines) is 1. The van der Waals surface area contributed by atoms with Crippen molar-refractivity contribution in [3.63, 3.8) is 0 Å². The van der Waals surface area contributed by atoms with E-state index in [-0.39, 0.29) is 11.5 Å². The number of alkyl halides is 3. The van der Waals surface area contributed by atoms with Crippen molar-refractivity contribution in [2.75, 3.05) is 20.2 Å². The smallest absolute Gasteiger partial charge is 0.421 e. The quantitative estimate of drug-likeness (QED) is 0.378. The Bertz CT molecular complexity index is 1440. The monoisotopic (exact) mass is 493 g/mol. The largest absolute Gasteiger partial charge is 0.481 e. The number of carbonyl (C=O) groups excluding carboxylic acids is 1. The molecule has 4 heterocycles. The number of fused-ring (bicyclic) bond motifs is 1. The molecule has 1 fully saturated rings. The van der Waals surface area contributed by atoms with E-state index in [4.69, 9.17) is 4.74 Å². The second-order valence-corrected chi connectivity index (χ2v) is 8.55. The number of hydrogen-bond donors (Lipinski definition) is 0. The van der Waals surface area contributed by atoms with Gasteiger partial charge >= 0.3 is 6.18 Å². The fourth-order valence-electron chi connectivity index (χ4n) is 4.41. The van der Waals surface area contributed by atoms with Crippen LogP contribution in [0.4, 0.5) is 13.2 Å². The van der Waals surface area contributed by atoms with Gasteiger partial charge in [0, 0.05) is 48.2 Å². The fraction of sp³-hybridized carbons (Fsp3) is 0.269. The first kappa shape index (κ1) is 23.7. The molecular formula is C26H22F3N5O2. The van der Waals surface area contributed by atoms with Crippen molar-refractivity contribution in [3.8, 4) is 28.3 Å². The van der Waals surface area contributed by atoms with Gasteiger partial charge in [0.15, 0.2) is 0 Å². The summed E-state index contributed by atoms with van der Waals surface area (Å²) in [5, 5.41) is 0.615. The van der Waals surface area contributed by atoms with Gasteiger partial charge in [-0.25, -0.2) is 15.0 Å². The molecule has 4 aromatic rings. The Kier molecular flexibility index (Phi) is 6.26. The Hall–Kier alpha value is -4.08. The first-order valence-electron chi connectivity index (χ1n) is 11.5. The van der Waals surface area contributed by atoms with Gasteiger partial charge in [0.1, 0.15) is 11.9 Å². The molecule has 1 aromatic carbocycles. The molecule has 1 aliphatic heterocycles. The molecule has 36 heavy (non-hydrogen) atoms. The van der Waals surface area contributed by atoms with Gasteiger partial charge in [-0.15, -0.1) is 0 Å². The van der Waals surface area contributed by atoms with E-state index in [1.807, 2.05) is 4.90 Å². The predicted molar refractivity (Wildman–Crippen MR) is 127 cm³/mol. The Morgan fingerprint density at radius 3 is 2.47 bits per heavy atom. The molecule has 0 bridgehead atoms. The van der Waals surface area contributed by atoms with Crippen molar-refractivity contribution in [2.45, 2.75) is 25.4 Å². The highest BCUT2D eigenvalue weighted by molar-refractivity contribution is 5.98. The average Bonchev–Trinajstić information content (AvgIpc) is 2.91. The van der Waals surface area contributed by atoms with Crippen LogP contribution in [-0.4, -0.2) is 50.9 Å². The number of carbonyl (C=O) groups is 1. The SMILES string of the molecule is COc1ncc(-c2ccc3ncnc(-c4cncc(C(=O)N5CCCCC5)c4)c3c2)cc1C(F)(F)F. The molecule has 0 radical (unpaired) electrons. The van der Waals surface area contributed by atoms with E-state index in [1.54, 1.807) is 30.5 Å². The predicted octanol–water partition coefficient (Wildman–Crippen LogP) is 5.41. The Morgan fingerprint density at radius 2 is 1.72 bits per heavy atom. The van der Waals surface area contributed by atoms with Crippen molar-refractivity contribution >= 4 is 16.8 Å². The number of halogens is 3. The molecule has 0 unspecified atom stereocenters. The van der Waals surface area contributed by atoms with E-state index in [0.29, 0.717) is 33.3 Å². The van der Waals surface area contributed by atoms with Crippen LogP contribution in [0.5, 0.6) is 5.88 Å². The molecule has 10 heteroatoms. The van der Waals surface area contributed by atoms with E-state index in [9.17, 15) is 18.0 Å². The van der Waals surface area contributed by atoms with Crippen LogP contribution in [0.3, 0.4) is 0 Å². The summed E-state index contributed by atoms with van der Waals surface area (Å²) in [6, 6.07) is 7.86. The number of rotatable bonds is 4. The summed E-state index contributed by atoms with van der Waals surface area (Å²) in [5.41, 5.74) is 2.03. The number of ether oxygens (including phenoxy) is 1. The highest BCUT2D eigenvalue weighted by Crippen LogP contribution is 2.38. The minimum absolute atomic E-state index is 0.0768. The summed E-state index contributed by atoms with van der Waals surface area (Å²) in [5.74, 6) is -0.565. The van der Waals surface area contributed by atoms with Crippen LogP contribution in [-0.2, 0) is 6.18 Å². The van der Waals surface area contributed by atoms with Crippen molar-refractivity contribution < 1.29 is 22.7 Å². The number of methoxy groups -OCH3 is 1. The third-order valence-electron chi connectivity index (χ3n) is 6.22. The first-order chi connectivity index (χ1) is 17.3. The minimum atomic E-state index is -4.62. The molecule has 184 valence electrons. The van der Waals surface area contributed by atoms with Crippen LogP contribution >= 0.6 is 0 Å². The summed E-state index contributed by atoms with van der Waals surface area (Å²) >= 11 is 0. The number of pyridine rings is 2. The first-order valence-corrected chi connectivity index (χ1v) is 11.5. The fourth-order valence-corrected chi connectivity index (χ4v) is 4.41. The molecular weight excluding hydrogens is 471 g/mol. The molecule has 0 atom stereocenters. The van der Waals surface area contributed by atoms with E-state index < -0.39 is 17.6 Å². The van der Waals surface area contributed by atoms with Crippen LogP contribution in [0.1, 0.15) is 35.2 Å². The molecule has 1 saturated heterocycles. The van der Waals surface area contributed by atoms with Gasteiger partial charge in [-0.3, -0.25) is 9.78 Å². The average molecular weight is 493 g/mol. The number of nitrogens with zero attached hydrogens (tertiary/aromatic N) is 5. The number of benzene rings is 1. The van der Waals surface area contributed by atoms with Crippen LogP contribution in [0.2, 0.25) is 0 Å². The lowest BCUT2D eigenvalue weighted by Crippen LogP contribution is -2.35. The zero-order valence-electron chi connectivity index (χ0n) is 19.4. The second-order valence-electron chi connectivity index (χ2n) is 8.55. The summed E-state index contributed by atoms with van der Waals surface area (Å²) in [6.45, 7) is 1.44. The maximum Gasteiger partial charge on any atom is 0.421 e. The molecule has 0 spiro atoms.